The molecule has 126 valence electrons. The molecular formula is C18H17F2NO3. The van der Waals surface area contributed by atoms with Gasteiger partial charge < -0.3 is 15.2 Å². The lowest BCUT2D eigenvalue weighted by atomic mass is 9.96. The molecule has 2 unspecified atom stereocenters. The van der Waals surface area contributed by atoms with Crippen molar-refractivity contribution in [3.63, 3.8) is 0 Å². The van der Waals surface area contributed by atoms with Crippen LogP contribution in [-0.2, 0) is 16.8 Å². The van der Waals surface area contributed by atoms with Crippen molar-refractivity contribution in [2.75, 3.05) is 6.54 Å². The summed E-state index contributed by atoms with van der Waals surface area (Å²) in [5.74, 6) is -0.684. The van der Waals surface area contributed by atoms with E-state index in [0.717, 1.165) is 0 Å². The zero-order valence-corrected chi connectivity index (χ0v) is 13.1. The summed E-state index contributed by atoms with van der Waals surface area (Å²) in [6, 6.07) is 9.54. The van der Waals surface area contributed by atoms with E-state index in [1.165, 1.54) is 49.4 Å². The molecule has 0 saturated heterocycles. The molecule has 24 heavy (non-hydrogen) atoms. The highest BCUT2D eigenvalue weighted by Gasteiger charge is 2.31. The van der Waals surface area contributed by atoms with Gasteiger partial charge in [0.25, 0.3) is 5.91 Å². The van der Waals surface area contributed by atoms with Crippen molar-refractivity contribution in [3.8, 4) is 5.75 Å². The molecule has 1 aliphatic heterocycles. The fourth-order valence-electron chi connectivity index (χ4n) is 2.65. The third-order valence-electron chi connectivity index (χ3n) is 4.06. The summed E-state index contributed by atoms with van der Waals surface area (Å²) in [6.45, 7) is 1.47. The quantitative estimate of drug-likeness (QED) is 0.903. The normalized spacial score (nSPS) is 18.4. The predicted molar refractivity (Wildman–Crippen MR) is 83.5 cm³/mol. The largest absolute Gasteiger partial charge is 0.480 e. The topological polar surface area (TPSA) is 58.6 Å². The molecule has 0 radical (unpaired) electrons. The van der Waals surface area contributed by atoms with Gasteiger partial charge in [0.2, 0.25) is 0 Å². The molecule has 6 heteroatoms. The predicted octanol–water partition coefficient (Wildman–Crippen LogP) is 2.29. The summed E-state index contributed by atoms with van der Waals surface area (Å²) in [6.07, 6.45) is -0.483. The van der Waals surface area contributed by atoms with Crippen LogP contribution in [-0.4, -0.2) is 23.7 Å². The van der Waals surface area contributed by atoms with Crippen LogP contribution in [0.2, 0.25) is 0 Å². The zero-order valence-electron chi connectivity index (χ0n) is 13.1. The average Bonchev–Trinajstić information content (AvgIpc) is 2.96. The van der Waals surface area contributed by atoms with Crippen molar-refractivity contribution < 1.29 is 23.4 Å². The van der Waals surface area contributed by atoms with E-state index in [1.54, 1.807) is 0 Å². The molecule has 0 fully saturated rings. The number of benzene rings is 2. The van der Waals surface area contributed by atoms with Gasteiger partial charge in [0, 0.05) is 12.0 Å². The van der Waals surface area contributed by atoms with E-state index >= 15 is 0 Å². The number of carbonyl (C=O) groups excluding carboxylic acids is 1. The van der Waals surface area contributed by atoms with Gasteiger partial charge >= 0.3 is 0 Å². The number of carbonyl (C=O) groups is 1. The van der Waals surface area contributed by atoms with Crippen molar-refractivity contribution in [2.24, 2.45) is 0 Å². The van der Waals surface area contributed by atoms with Gasteiger partial charge in [-0.3, -0.25) is 4.79 Å². The standard InChI is InChI=1S/C18H17F2NO3/c1-18(23,12-2-4-13(19)5-3-12)10-21-17(22)16-9-11-8-14(20)6-7-15(11)24-16/h2-8,16,23H,9-10H2,1H3,(H,21,22). The third-order valence-corrected chi connectivity index (χ3v) is 4.06. The van der Waals surface area contributed by atoms with Gasteiger partial charge in [0.15, 0.2) is 6.10 Å². The number of fused-ring (bicyclic) bond motifs is 1. The molecule has 0 spiro atoms. The van der Waals surface area contributed by atoms with Crippen LogP contribution in [0.1, 0.15) is 18.1 Å². The highest BCUT2D eigenvalue weighted by Crippen LogP contribution is 2.29. The lowest BCUT2D eigenvalue weighted by Gasteiger charge is -2.25. The van der Waals surface area contributed by atoms with Gasteiger partial charge in [-0.2, -0.15) is 0 Å². The first kappa shape index (κ1) is 16.4. The fraction of sp³-hybridized carbons (Fsp3) is 0.278. The van der Waals surface area contributed by atoms with Crippen molar-refractivity contribution in [3.05, 3.63) is 65.2 Å². The van der Waals surface area contributed by atoms with Gasteiger partial charge in [0.05, 0.1) is 6.54 Å². The van der Waals surface area contributed by atoms with E-state index in [1.807, 2.05) is 0 Å². The molecule has 3 rings (SSSR count). The average molecular weight is 333 g/mol. The summed E-state index contributed by atoms with van der Waals surface area (Å²) < 4.78 is 31.7. The molecule has 2 N–H and O–H groups in total. The van der Waals surface area contributed by atoms with E-state index in [9.17, 15) is 18.7 Å². The Morgan fingerprint density at radius 3 is 2.62 bits per heavy atom. The summed E-state index contributed by atoms with van der Waals surface area (Å²) >= 11 is 0. The molecule has 0 saturated carbocycles. The third kappa shape index (κ3) is 3.38. The molecule has 0 bridgehead atoms. The number of halogens is 2. The zero-order chi connectivity index (χ0) is 17.3. The van der Waals surface area contributed by atoms with Crippen LogP contribution < -0.4 is 10.1 Å². The molecule has 2 aromatic carbocycles. The van der Waals surface area contributed by atoms with E-state index in [2.05, 4.69) is 5.32 Å². The number of hydrogen-bond acceptors (Lipinski definition) is 3. The SMILES string of the molecule is CC(O)(CNC(=O)C1Cc2cc(F)ccc2O1)c1ccc(F)cc1. The lowest BCUT2D eigenvalue weighted by Crippen LogP contribution is -2.44. The Balaban J connectivity index is 1.61. The Labute approximate surface area is 138 Å². The number of amides is 1. The van der Waals surface area contributed by atoms with Gasteiger partial charge in [-0.05, 0) is 42.8 Å². The summed E-state index contributed by atoms with van der Waals surface area (Å²) in [7, 11) is 0. The summed E-state index contributed by atoms with van der Waals surface area (Å²) in [5, 5.41) is 13.1. The molecule has 1 heterocycles. The van der Waals surface area contributed by atoms with Gasteiger partial charge in [-0.15, -0.1) is 0 Å². The van der Waals surface area contributed by atoms with Crippen LogP contribution in [0, 0.1) is 11.6 Å². The monoisotopic (exact) mass is 333 g/mol. The fourth-order valence-corrected chi connectivity index (χ4v) is 2.65. The second kappa shape index (κ2) is 6.20. The van der Waals surface area contributed by atoms with Crippen molar-refractivity contribution in [1.82, 2.24) is 5.32 Å². The maximum atomic E-state index is 13.2. The Bertz CT molecular complexity index is 759. The molecule has 2 aromatic rings. The second-order valence-electron chi connectivity index (χ2n) is 6.06. The number of ether oxygens (including phenoxy) is 1. The van der Waals surface area contributed by atoms with E-state index in [0.29, 0.717) is 16.9 Å². The Morgan fingerprint density at radius 1 is 1.25 bits per heavy atom. The first-order chi connectivity index (χ1) is 11.3. The molecule has 4 nitrogen and oxygen atoms in total. The number of nitrogens with one attached hydrogen (secondary N) is 1. The maximum Gasteiger partial charge on any atom is 0.261 e. The van der Waals surface area contributed by atoms with E-state index in [-0.39, 0.29) is 18.8 Å². The van der Waals surface area contributed by atoms with Crippen LogP contribution >= 0.6 is 0 Å². The molecule has 0 aliphatic carbocycles. The first-order valence-corrected chi connectivity index (χ1v) is 7.56. The minimum Gasteiger partial charge on any atom is -0.480 e. The van der Waals surface area contributed by atoms with Crippen LogP contribution in [0.25, 0.3) is 0 Å². The maximum absolute atomic E-state index is 13.2. The summed E-state index contributed by atoms with van der Waals surface area (Å²) in [4.78, 5) is 12.2. The number of aliphatic hydroxyl groups is 1. The minimum absolute atomic E-state index is 0.0535. The lowest BCUT2D eigenvalue weighted by molar-refractivity contribution is -0.128. The van der Waals surface area contributed by atoms with E-state index < -0.39 is 23.4 Å². The Hall–Kier alpha value is -2.47. The smallest absolute Gasteiger partial charge is 0.261 e. The van der Waals surface area contributed by atoms with Crippen LogP contribution in [0.15, 0.2) is 42.5 Å². The van der Waals surface area contributed by atoms with Crippen molar-refractivity contribution in [1.29, 1.82) is 0 Å². The Kier molecular flexibility index (Phi) is 4.24. The van der Waals surface area contributed by atoms with Gasteiger partial charge in [-0.1, -0.05) is 12.1 Å². The van der Waals surface area contributed by atoms with Crippen LogP contribution in [0.5, 0.6) is 5.75 Å². The van der Waals surface area contributed by atoms with Crippen molar-refractivity contribution in [2.45, 2.75) is 25.0 Å². The van der Waals surface area contributed by atoms with Crippen LogP contribution in [0.4, 0.5) is 8.78 Å². The Morgan fingerprint density at radius 2 is 1.92 bits per heavy atom. The number of rotatable bonds is 4. The van der Waals surface area contributed by atoms with Crippen LogP contribution in [0.3, 0.4) is 0 Å². The second-order valence-corrected chi connectivity index (χ2v) is 6.06. The van der Waals surface area contributed by atoms with Gasteiger partial charge in [-0.25, -0.2) is 8.78 Å². The molecule has 0 aromatic heterocycles. The molecular weight excluding hydrogens is 316 g/mol. The summed E-state index contributed by atoms with van der Waals surface area (Å²) in [5.41, 5.74) is -0.219. The molecule has 1 amide bonds. The minimum atomic E-state index is -1.35. The highest BCUT2D eigenvalue weighted by molar-refractivity contribution is 5.82. The first-order valence-electron chi connectivity index (χ1n) is 7.56. The molecule has 2 atom stereocenters. The highest BCUT2D eigenvalue weighted by atomic mass is 19.1. The number of hydrogen-bond donors (Lipinski definition) is 2. The van der Waals surface area contributed by atoms with Gasteiger partial charge in [0.1, 0.15) is 23.0 Å². The van der Waals surface area contributed by atoms with E-state index in [4.69, 9.17) is 4.74 Å². The molecule has 1 aliphatic rings. The van der Waals surface area contributed by atoms with Crippen molar-refractivity contribution >= 4 is 5.91 Å².